The summed E-state index contributed by atoms with van der Waals surface area (Å²) in [5, 5.41) is 14.8. The van der Waals surface area contributed by atoms with Crippen molar-refractivity contribution in [3.63, 3.8) is 0 Å². The maximum absolute atomic E-state index is 11.6. The lowest BCUT2D eigenvalue weighted by Gasteiger charge is -2.35. The molecule has 0 bridgehead atoms. The van der Waals surface area contributed by atoms with Crippen molar-refractivity contribution < 1.29 is 14.6 Å². The molecule has 1 heterocycles. The number of benzene rings is 2. The summed E-state index contributed by atoms with van der Waals surface area (Å²) in [5.41, 5.74) is 5.48. The molecule has 120 valence electrons. The van der Waals surface area contributed by atoms with Crippen LogP contribution >= 0.6 is 0 Å². The summed E-state index contributed by atoms with van der Waals surface area (Å²) in [6.07, 6.45) is -0.639. The number of rotatable bonds is 4. The molecule has 0 aromatic heterocycles. The predicted molar refractivity (Wildman–Crippen MR) is 86.7 cm³/mol. The van der Waals surface area contributed by atoms with Crippen molar-refractivity contribution in [2.24, 2.45) is 5.73 Å². The number of hydrogen-bond acceptors (Lipinski definition) is 4. The highest BCUT2D eigenvalue weighted by Crippen LogP contribution is 2.36. The van der Waals surface area contributed by atoms with E-state index in [0.717, 1.165) is 11.1 Å². The van der Waals surface area contributed by atoms with Gasteiger partial charge < -0.3 is 20.9 Å². The summed E-state index contributed by atoms with van der Waals surface area (Å²) in [6, 6.07) is 18.7. The first-order chi connectivity index (χ1) is 11.1. The third-order valence-corrected chi connectivity index (χ3v) is 4.31. The Bertz CT molecular complexity index is 621. The molecule has 2 aromatic rings. The number of aliphatic hydroxyl groups is 1. The van der Waals surface area contributed by atoms with Crippen LogP contribution < -0.4 is 11.1 Å². The molecule has 0 unspecified atom stereocenters. The van der Waals surface area contributed by atoms with E-state index in [1.54, 1.807) is 0 Å². The zero-order chi connectivity index (χ0) is 16.3. The van der Waals surface area contributed by atoms with E-state index in [1.807, 2.05) is 60.7 Å². The molecule has 23 heavy (non-hydrogen) atoms. The van der Waals surface area contributed by atoms with Crippen LogP contribution in [-0.2, 0) is 10.3 Å². The van der Waals surface area contributed by atoms with Crippen molar-refractivity contribution in [1.29, 1.82) is 0 Å². The number of carbonyl (C=O) groups excluding carboxylic acids is 1. The van der Waals surface area contributed by atoms with Gasteiger partial charge in [-0.25, -0.2) is 4.79 Å². The molecule has 0 radical (unpaired) electrons. The zero-order valence-electron chi connectivity index (χ0n) is 12.7. The van der Waals surface area contributed by atoms with E-state index in [9.17, 15) is 9.90 Å². The molecule has 4 N–H and O–H groups in total. The molecule has 1 aliphatic rings. The Labute approximate surface area is 135 Å². The van der Waals surface area contributed by atoms with Crippen LogP contribution in [0.2, 0.25) is 0 Å². The topological polar surface area (TPSA) is 84.6 Å². The van der Waals surface area contributed by atoms with Crippen LogP contribution in [0, 0.1) is 0 Å². The molecule has 0 spiro atoms. The molecular formula is C18H20N2O3. The minimum atomic E-state index is -1.21. The predicted octanol–water partition coefficient (Wildman–Crippen LogP) is 1.75. The van der Waals surface area contributed by atoms with Gasteiger partial charge in [0.05, 0.1) is 0 Å². The maximum atomic E-state index is 11.6. The highest BCUT2D eigenvalue weighted by Gasteiger charge is 2.44. The Kier molecular flexibility index (Phi) is 4.32. The fraction of sp³-hybridized carbons (Fsp3) is 0.278. The third kappa shape index (κ3) is 3.06. The molecule has 2 aromatic carbocycles. The van der Waals surface area contributed by atoms with Gasteiger partial charge in [0, 0.05) is 19.0 Å². The second-order valence-electron chi connectivity index (χ2n) is 5.75. The molecule has 1 saturated heterocycles. The van der Waals surface area contributed by atoms with Crippen molar-refractivity contribution >= 4 is 6.09 Å². The number of ether oxygens (including phenoxy) is 1. The quantitative estimate of drug-likeness (QED) is 0.803. The first-order valence-corrected chi connectivity index (χ1v) is 7.63. The molecule has 1 fully saturated rings. The van der Waals surface area contributed by atoms with Gasteiger partial charge in [-0.2, -0.15) is 0 Å². The standard InChI is InChI=1S/C18H20N2O3/c19-17(21)23-15-11-16(20-12-15)18(22,13-7-3-1-4-8-13)14-9-5-2-6-10-14/h1-10,15-16,20,22H,11-12H2,(H2,19,21)/t15-,16-/m1/s1. The highest BCUT2D eigenvalue weighted by atomic mass is 16.6. The summed E-state index contributed by atoms with van der Waals surface area (Å²) in [4.78, 5) is 11.0. The number of carbonyl (C=O) groups is 1. The van der Waals surface area contributed by atoms with E-state index in [4.69, 9.17) is 10.5 Å². The van der Waals surface area contributed by atoms with Crippen molar-refractivity contribution in [2.45, 2.75) is 24.2 Å². The van der Waals surface area contributed by atoms with Gasteiger partial charge in [0.1, 0.15) is 11.7 Å². The number of nitrogens with two attached hydrogens (primary N) is 1. The number of primary amides is 1. The first kappa shape index (κ1) is 15.5. The zero-order valence-corrected chi connectivity index (χ0v) is 12.7. The summed E-state index contributed by atoms with van der Waals surface area (Å²) in [7, 11) is 0. The monoisotopic (exact) mass is 312 g/mol. The summed E-state index contributed by atoms with van der Waals surface area (Å²) in [5.74, 6) is 0. The molecule has 5 heteroatoms. The molecule has 0 aliphatic carbocycles. The molecule has 2 atom stereocenters. The molecule has 1 aliphatic heterocycles. The van der Waals surface area contributed by atoms with Crippen LogP contribution in [-0.4, -0.2) is 29.9 Å². The van der Waals surface area contributed by atoms with E-state index in [2.05, 4.69) is 5.32 Å². The Morgan fingerprint density at radius 3 is 2.09 bits per heavy atom. The summed E-state index contributed by atoms with van der Waals surface area (Å²) >= 11 is 0. The fourth-order valence-corrected chi connectivity index (χ4v) is 3.23. The van der Waals surface area contributed by atoms with E-state index in [-0.39, 0.29) is 12.1 Å². The van der Waals surface area contributed by atoms with Gasteiger partial charge in [-0.05, 0) is 11.1 Å². The molecular weight excluding hydrogens is 292 g/mol. The van der Waals surface area contributed by atoms with E-state index in [0.29, 0.717) is 13.0 Å². The van der Waals surface area contributed by atoms with E-state index >= 15 is 0 Å². The maximum Gasteiger partial charge on any atom is 0.404 e. The second-order valence-corrected chi connectivity index (χ2v) is 5.75. The third-order valence-electron chi connectivity index (χ3n) is 4.31. The van der Waals surface area contributed by atoms with Crippen molar-refractivity contribution in [1.82, 2.24) is 5.32 Å². The normalized spacial score (nSPS) is 21.1. The van der Waals surface area contributed by atoms with E-state index in [1.165, 1.54) is 0 Å². The van der Waals surface area contributed by atoms with Crippen molar-refractivity contribution in [3.05, 3.63) is 71.8 Å². The lowest BCUT2D eigenvalue weighted by atomic mass is 9.79. The average molecular weight is 312 g/mol. The van der Waals surface area contributed by atoms with Gasteiger partial charge >= 0.3 is 6.09 Å². The lowest BCUT2D eigenvalue weighted by Crippen LogP contribution is -2.46. The summed E-state index contributed by atoms with van der Waals surface area (Å²) < 4.78 is 5.07. The van der Waals surface area contributed by atoms with Crippen LogP contribution in [0.3, 0.4) is 0 Å². The van der Waals surface area contributed by atoms with Crippen molar-refractivity contribution in [3.8, 4) is 0 Å². The highest BCUT2D eigenvalue weighted by molar-refractivity contribution is 5.64. The fourth-order valence-electron chi connectivity index (χ4n) is 3.23. The van der Waals surface area contributed by atoms with Crippen LogP contribution in [0.15, 0.2) is 60.7 Å². The van der Waals surface area contributed by atoms with Crippen LogP contribution in [0.5, 0.6) is 0 Å². The smallest absolute Gasteiger partial charge is 0.404 e. The molecule has 3 rings (SSSR count). The number of amides is 1. The first-order valence-electron chi connectivity index (χ1n) is 7.63. The molecule has 1 amide bonds. The Morgan fingerprint density at radius 1 is 1.09 bits per heavy atom. The molecule has 0 saturated carbocycles. The number of hydrogen-bond donors (Lipinski definition) is 3. The van der Waals surface area contributed by atoms with Crippen LogP contribution in [0.1, 0.15) is 17.5 Å². The summed E-state index contributed by atoms with van der Waals surface area (Å²) in [6.45, 7) is 0.468. The second kappa shape index (κ2) is 6.40. The minimum absolute atomic E-state index is 0.281. The van der Waals surface area contributed by atoms with Gasteiger partial charge in [0.15, 0.2) is 0 Å². The van der Waals surface area contributed by atoms with Crippen LogP contribution in [0.25, 0.3) is 0 Å². The van der Waals surface area contributed by atoms with Crippen molar-refractivity contribution in [2.75, 3.05) is 6.54 Å². The van der Waals surface area contributed by atoms with Gasteiger partial charge in [0.25, 0.3) is 0 Å². The Hall–Kier alpha value is -2.37. The Balaban J connectivity index is 1.96. The SMILES string of the molecule is NC(=O)O[C@H]1CN[C@@H](C(O)(c2ccccc2)c2ccccc2)C1. The van der Waals surface area contributed by atoms with Gasteiger partial charge in [-0.1, -0.05) is 60.7 Å². The average Bonchev–Trinajstić information content (AvgIpc) is 3.04. The molecule has 5 nitrogen and oxygen atoms in total. The van der Waals surface area contributed by atoms with Gasteiger partial charge in [-0.15, -0.1) is 0 Å². The largest absolute Gasteiger partial charge is 0.445 e. The van der Waals surface area contributed by atoms with Crippen LogP contribution in [0.4, 0.5) is 4.79 Å². The number of nitrogens with one attached hydrogen (secondary N) is 1. The van der Waals surface area contributed by atoms with Gasteiger partial charge in [-0.3, -0.25) is 0 Å². The van der Waals surface area contributed by atoms with Gasteiger partial charge in [0.2, 0.25) is 0 Å². The van der Waals surface area contributed by atoms with E-state index < -0.39 is 11.7 Å². The lowest BCUT2D eigenvalue weighted by molar-refractivity contribution is 0.0378. The Morgan fingerprint density at radius 2 is 1.61 bits per heavy atom. The minimum Gasteiger partial charge on any atom is -0.445 e.